The van der Waals surface area contributed by atoms with Crippen molar-refractivity contribution in [3.63, 3.8) is 0 Å². The highest BCUT2D eigenvalue weighted by Gasteiger charge is 2.11. The van der Waals surface area contributed by atoms with Crippen LogP contribution in [0.3, 0.4) is 0 Å². The van der Waals surface area contributed by atoms with Crippen molar-refractivity contribution in [3.05, 3.63) is 28.2 Å². The summed E-state index contributed by atoms with van der Waals surface area (Å²) in [4.78, 5) is 4.63. The third-order valence-electron chi connectivity index (χ3n) is 2.63. The second-order valence-electron chi connectivity index (χ2n) is 4.00. The number of nitrogens with two attached hydrogens (primary N) is 1. The number of rotatable bonds is 4. The molecule has 0 fully saturated rings. The maximum Gasteiger partial charge on any atom is 0.0966 e. The number of benzene rings is 1. The van der Waals surface area contributed by atoms with E-state index in [1.165, 1.54) is 9.71 Å². The van der Waals surface area contributed by atoms with Gasteiger partial charge in [0.2, 0.25) is 0 Å². The molecule has 2 nitrogen and oxygen atoms in total. The molecule has 0 bridgehead atoms. The zero-order chi connectivity index (χ0) is 11.5. The zero-order valence-corrected chi connectivity index (χ0v) is 10.8. The van der Waals surface area contributed by atoms with Crippen LogP contribution in [-0.2, 0) is 0 Å². The van der Waals surface area contributed by atoms with Crippen molar-refractivity contribution in [2.24, 2.45) is 5.73 Å². The van der Waals surface area contributed by atoms with Gasteiger partial charge in [-0.2, -0.15) is 0 Å². The van der Waals surface area contributed by atoms with Gasteiger partial charge in [0, 0.05) is 10.9 Å². The molecule has 1 unspecified atom stereocenters. The van der Waals surface area contributed by atoms with Gasteiger partial charge in [0.15, 0.2) is 0 Å². The Bertz CT molecular complexity index is 481. The van der Waals surface area contributed by atoms with E-state index in [4.69, 9.17) is 17.3 Å². The molecule has 0 spiro atoms. The molecule has 2 aromatic rings. The predicted molar refractivity (Wildman–Crippen MR) is 71.3 cm³/mol. The topological polar surface area (TPSA) is 38.9 Å². The molecule has 0 aliphatic rings. The SMILES string of the molecule is CC(CCCN)c1nc2ccc(Cl)cc2s1. The number of fused-ring (bicyclic) bond motifs is 1. The molecule has 0 amide bonds. The highest BCUT2D eigenvalue weighted by Crippen LogP contribution is 2.31. The Morgan fingerprint density at radius 2 is 2.31 bits per heavy atom. The molecule has 0 radical (unpaired) electrons. The fourth-order valence-corrected chi connectivity index (χ4v) is 3.00. The van der Waals surface area contributed by atoms with E-state index >= 15 is 0 Å². The monoisotopic (exact) mass is 254 g/mol. The van der Waals surface area contributed by atoms with Gasteiger partial charge in [-0.05, 0) is 37.6 Å². The van der Waals surface area contributed by atoms with Gasteiger partial charge < -0.3 is 5.73 Å². The average molecular weight is 255 g/mol. The van der Waals surface area contributed by atoms with Gasteiger partial charge in [-0.25, -0.2) is 4.98 Å². The average Bonchev–Trinajstić information content (AvgIpc) is 2.68. The number of hydrogen-bond acceptors (Lipinski definition) is 3. The highest BCUT2D eigenvalue weighted by molar-refractivity contribution is 7.18. The van der Waals surface area contributed by atoms with Crippen molar-refractivity contribution in [1.82, 2.24) is 4.98 Å². The Morgan fingerprint density at radius 1 is 1.50 bits per heavy atom. The first-order valence-electron chi connectivity index (χ1n) is 5.46. The van der Waals surface area contributed by atoms with Crippen LogP contribution in [0.1, 0.15) is 30.7 Å². The Labute approximate surface area is 104 Å². The summed E-state index contributed by atoms with van der Waals surface area (Å²) in [6.07, 6.45) is 2.15. The van der Waals surface area contributed by atoms with Crippen LogP contribution in [0.15, 0.2) is 18.2 Å². The van der Waals surface area contributed by atoms with Crippen LogP contribution in [0.4, 0.5) is 0 Å². The lowest BCUT2D eigenvalue weighted by Gasteiger charge is -2.05. The second-order valence-corrected chi connectivity index (χ2v) is 5.49. The maximum absolute atomic E-state index is 5.95. The lowest BCUT2D eigenvalue weighted by Crippen LogP contribution is -2.01. The first kappa shape index (κ1) is 11.8. The fourth-order valence-electron chi connectivity index (χ4n) is 1.67. The first-order chi connectivity index (χ1) is 7.70. The van der Waals surface area contributed by atoms with Gasteiger partial charge in [0.1, 0.15) is 0 Å². The van der Waals surface area contributed by atoms with Gasteiger partial charge >= 0.3 is 0 Å². The molecule has 0 aliphatic carbocycles. The molecular weight excluding hydrogens is 240 g/mol. The van der Waals surface area contributed by atoms with Crippen LogP contribution in [0.5, 0.6) is 0 Å². The van der Waals surface area contributed by atoms with E-state index < -0.39 is 0 Å². The Kier molecular flexibility index (Phi) is 3.79. The summed E-state index contributed by atoms with van der Waals surface area (Å²) in [5, 5.41) is 1.96. The predicted octanol–water partition coefficient (Wildman–Crippen LogP) is 3.79. The van der Waals surface area contributed by atoms with Crippen LogP contribution in [0.25, 0.3) is 10.2 Å². The molecule has 1 atom stereocenters. The third kappa shape index (κ3) is 2.54. The van der Waals surface area contributed by atoms with Crippen molar-refractivity contribution in [2.75, 3.05) is 6.54 Å². The minimum Gasteiger partial charge on any atom is -0.330 e. The summed E-state index contributed by atoms with van der Waals surface area (Å²) in [7, 11) is 0. The highest BCUT2D eigenvalue weighted by atomic mass is 35.5. The summed E-state index contributed by atoms with van der Waals surface area (Å²) >= 11 is 7.69. The van der Waals surface area contributed by atoms with Gasteiger partial charge in [-0.15, -0.1) is 11.3 Å². The zero-order valence-electron chi connectivity index (χ0n) is 9.24. The largest absolute Gasteiger partial charge is 0.330 e. The summed E-state index contributed by atoms with van der Waals surface area (Å²) in [5.74, 6) is 0.486. The summed E-state index contributed by atoms with van der Waals surface area (Å²) in [5.41, 5.74) is 6.56. The van der Waals surface area contributed by atoms with E-state index in [1.807, 2.05) is 18.2 Å². The van der Waals surface area contributed by atoms with Gasteiger partial charge in [0.05, 0.1) is 15.2 Å². The van der Waals surface area contributed by atoms with E-state index in [2.05, 4.69) is 11.9 Å². The molecule has 4 heteroatoms. The van der Waals surface area contributed by atoms with Crippen LogP contribution in [0, 0.1) is 0 Å². The second kappa shape index (κ2) is 5.13. The van der Waals surface area contributed by atoms with Crippen molar-refractivity contribution in [2.45, 2.75) is 25.7 Å². The Morgan fingerprint density at radius 3 is 3.06 bits per heavy atom. The Hall–Kier alpha value is -0.640. The van der Waals surface area contributed by atoms with E-state index in [1.54, 1.807) is 11.3 Å². The molecule has 0 saturated heterocycles. The standard InChI is InChI=1S/C12H15ClN2S/c1-8(3-2-6-14)12-15-10-5-4-9(13)7-11(10)16-12/h4-5,7-8H,2-3,6,14H2,1H3. The molecule has 1 heterocycles. The van der Waals surface area contributed by atoms with Gasteiger partial charge in [0.25, 0.3) is 0 Å². The molecule has 1 aromatic heterocycles. The number of aromatic nitrogens is 1. The van der Waals surface area contributed by atoms with Gasteiger partial charge in [-0.1, -0.05) is 18.5 Å². The number of nitrogens with zero attached hydrogens (tertiary/aromatic N) is 1. The number of hydrogen-bond donors (Lipinski definition) is 1. The van der Waals surface area contributed by atoms with Crippen LogP contribution in [0.2, 0.25) is 5.02 Å². The molecule has 16 heavy (non-hydrogen) atoms. The van der Waals surface area contributed by atoms with Crippen molar-refractivity contribution < 1.29 is 0 Å². The number of halogens is 1. The van der Waals surface area contributed by atoms with Crippen molar-refractivity contribution in [3.8, 4) is 0 Å². The van der Waals surface area contributed by atoms with E-state index in [-0.39, 0.29) is 0 Å². The fraction of sp³-hybridized carbons (Fsp3) is 0.417. The third-order valence-corrected chi connectivity index (χ3v) is 4.11. The quantitative estimate of drug-likeness (QED) is 0.902. The Balaban J connectivity index is 2.25. The molecule has 1 aromatic carbocycles. The molecule has 0 aliphatic heterocycles. The maximum atomic E-state index is 5.95. The molecule has 2 rings (SSSR count). The molecule has 2 N–H and O–H groups in total. The van der Waals surface area contributed by atoms with Crippen LogP contribution >= 0.6 is 22.9 Å². The lowest BCUT2D eigenvalue weighted by molar-refractivity contribution is 0.638. The van der Waals surface area contributed by atoms with Gasteiger partial charge in [-0.3, -0.25) is 0 Å². The van der Waals surface area contributed by atoms with E-state index in [0.717, 1.165) is 29.9 Å². The molecular formula is C12H15ClN2S. The molecule has 86 valence electrons. The van der Waals surface area contributed by atoms with E-state index in [0.29, 0.717) is 5.92 Å². The van der Waals surface area contributed by atoms with Crippen LogP contribution < -0.4 is 5.73 Å². The van der Waals surface area contributed by atoms with E-state index in [9.17, 15) is 0 Å². The number of thiazole rings is 1. The smallest absolute Gasteiger partial charge is 0.0966 e. The molecule has 0 saturated carbocycles. The minimum absolute atomic E-state index is 0.486. The normalized spacial score (nSPS) is 13.2. The summed E-state index contributed by atoms with van der Waals surface area (Å²) in [6.45, 7) is 2.95. The van der Waals surface area contributed by atoms with Crippen molar-refractivity contribution >= 4 is 33.2 Å². The lowest BCUT2D eigenvalue weighted by atomic mass is 10.1. The minimum atomic E-state index is 0.486. The summed E-state index contributed by atoms with van der Waals surface area (Å²) < 4.78 is 1.17. The first-order valence-corrected chi connectivity index (χ1v) is 6.66. The summed E-state index contributed by atoms with van der Waals surface area (Å²) in [6, 6.07) is 5.85. The van der Waals surface area contributed by atoms with Crippen LogP contribution in [-0.4, -0.2) is 11.5 Å². The van der Waals surface area contributed by atoms with Crippen molar-refractivity contribution in [1.29, 1.82) is 0 Å².